The molecule has 0 N–H and O–H groups in total. The Balaban J connectivity index is 2.10. The molecule has 0 aromatic heterocycles. The minimum Gasteiger partial charge on any atom is -0.458 e. The minimum absolute atomic E-state index is 0.00575. The Hall–Kier alpha value is -1.57. The van der Waals surface area contributed by atoms with E-state index in [1.807, 2.05) is 18.2 Å². The predicted octanol–water partition coefficient (Wildman–Crippen LogP) is 4.22. The van der Waals surface area contributed by atoms with E-state index < -0.39 is 0 Å². The Bertz CT molecular complexity index is 554. The molecule has 106 valence electrons. The topological polar surface area (TPSA) is 26.3 Å². The molecule has 0 bridgehead atoms. The van der Waals surface area contributed by atoms with E-state index in [-0.39, 0.29) is 23.4 Å². The second-order valence-corrected chi connectivity index (χ2v) is 6.67. The van der Waals surface area contributed by atoms with Crippen molar-refractivity contribution in [2.75, 3.05) is 0 Å². The smallest absolute Gasteiger partial charge is 0.307 e. The average molecular weight is 270 g/mol. The Morgan fingerprint density at radius 1 is 1.20 bits per heavy atom. The van der Waals surface area contributed by atoms with Crippen molar-refractivity contribution < 1.29 is 9.53 Å². The van der Waals surface area contributed by atoms with Gasteiger partial charge in [0.2, 0.25) is 0 Å². The molecule has 0 amide bonds. The van der Waals surface area contributed by atoms with Gasteiger partial charge in [0.1, 0.15) is 6.10 Å². The van der Waals surface area contributed by atoms with Crippen LogP contribution in [0.1, 0.15) is 51.5 Å². The van der Waals surface area contributed by atoms with Crippen molar-refractivity contribution in [2.45, 2.75) is 52.1 Å². The van der Waals surface area contributed by atoms with Gasteiger partial charge >= 0.3 is 5.97 Å². The van der Waals surface area contributed by atoms with Crippen molar-refractivity contribution in [3.63, 3.8) is 0 Å². The van der Waals surface area contributed by atoms with E-state index in [1.165, 1.54) is 16.7 Å². The molecule has 0 spiro atoms. The second kappa shape index (κ2) is 4.76. The summed E-state index contributed by atoms with van der Waals surface area (Å²) in [4.78, 5) is 12.1. The molecule has 1 aromatic rings. The third kappa shape index (κ3) is 2.17. The van der Waals surface area contributed by atoms with Gasteiger partial charge in [-0.15, -0.1) is 0 Å². The minimum atomic E-state index is -0.0593. The number of esters is 1. The molecule has 3 rings (SSSR count). The van der Waals surface area contributed by atoms with E-state index in [0.29, 0.717) is 6.42 Å². The number of ether oxygens (including phenoxy) is 1. The maximum absolute atomic E-state index is 12.1. The van der Waals surface area contributed by atoms with Crippen LogP contribution in [0.25, 0.3) is 0 Å². The van der Waals surface area contributed by atoms with Crippen LogP contribution in [0.3, 0.4) is 0 Å². The van der Waals surface area contributed by atoms with Gasteiger partial charge in [0.25, 0.3) is 0 Å². The van der Waals surface area contributed by atoms with Crippen LogP contribution in [0.4, 0.5) is 0 Å². The fraction of sp³-hybridized carbons (Fsp3) is 0.500. The maximum Gasteiger partial charge on any atom is 0.307 e. The molecule has 1 heterocycles. The molecule has 0 saturated heterocycles. The van der Waals surface area contributed by atoms with Gasteiger partial charge in [-0.2, -0.15) is 0 Å². The highest BCUT2D eigenvalue weighted by molar-refractivity contribution is 5.73. The molecule has 2 aliphatic rings. The van der Waals surface area contributed by atoms with Crippen LogP contribution in [0.15, 0.2) is 41.5 Å². The van der Waals surface area contributed by atoms with Gasteiger partial charge in [0.15, 0.2) is 0 Å². The third-order valence-electron chi connectivity index (χ3n) is 4.88. The fourth-order valence-electron chi connectivity index (χ4n) is 3.88. The Morgan fingerprint density at radius 3 is 2.60 bits per heavy atom. The van der Waals surface area contributed by atoms with E-state index in [4.69, 9.17) is 4.74 Å². The largest absolute Gasteiger partial charge is 0.458 e. The first-order chi connectivity index (χ1) is 9.49. The summed E-state index contributed by atoms with van der Waals surface area (Å²) in [6.07, 6.45) is 2.53. The Morgan fingerprint density at radius 2 is 1.90 bits per heavy atom. The molecule has 1 aliphatic heterocycles. The highest BCUT2D eigenvalue weighted by Gasteiger charge is 2.43. The summed E-state index contributed by atoms with van der Waals surface area (Å²) >= 11 is 0. The molecule has 2 heteroatoms. The Kier molecular flexibility index (Phi) is 3.19. The number of allylic oxidation sites excluding steroid dienone is 1. The lowest BCUT2D eigenvalue weighted by molar-refractivity contribution is -0.146. The molecule has 1 fully saturated rings. The number of rotatable bonds is 1. The number of hydrogen-bond donors (Lipinski definition) is 0. The summed E-state index contributed by atoms with van der Waals surface area (Å²) in [5.74, 6) is 0.108. The molecular weight excluding hydrogens is 248 g/mol. The highest BCUT2D eigenvalue weighted by Crippen LogP contribution is 2.49. The van der Waals surface area contributed by atoms with Gasteiger partial charge in [-0.3, -0.25) is 4.79 Å². The number of fused-ring (bicyclic) bond motifs is 1. The lowest BCUT2D eigenvalue weighted by Crippen LogP contribution is -2.19. The summed E-state index contributed by atoms with van der Waals surface area (Å²) < 4.78 is 5.70. The quantitative estimate of drug-likeness (QED) is 0.564. The van der Waals surface area contributed by atoms with Gasteiger partial charge < -0.3 is 4.74 Å². The summed E-state index contributed by atoms with van der Waals surface area (Å²) in [7, 11) is 0. The first-order valence-corrected chi connectivity index (χ1v) is 7.44. The normalized spacial score (nSPS) is 28.9. The summed E-state index contributed by atoms with van der Waals surface area (Å²) in [6.45, 7) is 6.73. The van der Waals surface area contributed by atoms with Crippen LogP contribution in [0.5, 0.6) is 0 Å². The molecule has 0 radical (unpaired) electrons. The highest BCUT2D eigenvalue weighted by atomic mass is 16.5. The molecule has 1 aliphatic carbocycles. The SMILES string of the molecule is CC1=C2[C@@H](CCC2(C)C)OC(=O)C[C@H]1c1ccccc1. The summed E-state index contributed by atoms with van der Waals surface area (Å²) in [5.41, 5.74) is 4.07. The third-order valence-corrected chi connectivity index (χ3v) is 4.88. The number of carbonyl (C=O) groups excluding carboxylic acids is 1. The Labute approximate surface area is 120 Å². The monoisotopic (exact) mass is 270 g/mol. The number of hydrogen-bond acceptors (Lipinski definition) is 2. The van der Waals surface area contributed by atoms with Crippen molar-refractivity contribution in [3.8, 4) is 0 Å². The van der Waals surface area contributed by atoms with Gasteiger partial charge in [-0.25, -0.2) is 0 Å². The maximum atomic E-state index is 12.1. The van der Waals surface area contributed by atoms with Crippen LogP contribution in [0.2, 0.25) is 0 Å². The summed E-state index contributed by atoms with van der Waals surface area (Å²) in [5, 5.41) is 0. The van der Waals surface area contributed by atoms with Crippen molar-refractivity contribution in [2.24, 2.45) is 5.41 Å². The van der Waals surface area contributed by atoms with Gasteiger partial charge in [0.05, 0.1) is 6.42 Å². The summed E-state index contributed by atoms with van der Waals surface area (Å²) in [6, 6.07) is 10.3. The van der Waals surface area contributed by atoms with Gasteiger partial charge in [-0.1, -0.05) is 49.8 Å². The predicted molar refractivity (Wildman–Crippen MR) is 79.4 cm³/mol. The van der Waals surface area contributed by atoms with Gasteiger partial charge in [-0.05, 0) is 36.3 Å². The van der Waals surface area contributed by atoms with Crippen LogP contribution in [-0.4, -0.2) is 12.1 Å². The number of carbonyl (C=O) groups is 1. The van der Waals surface area contributed by atoms with E-state index >= 15 is 0 Å². The van der Waals surface area contributed by atoms with Crippen molar-refractivity contribution >= 4 is 5.97 Å². The van der Waals surface area contributed by atoms with Crippen molar-refractivity contribution in [1.82, 2.24) is 0 Å². The molecule has 1 aromatic carbocycles. The first kappa shape index (κ1) is 13.4. The zero-order chi connectivity index (χ0) is 14.3. The van der Waals surface area contributed by atoms with Crippen LogP contribution >= 0.6 is 0 Å². The van der Waals surface area contributed by atoms with Crippen LogP contribution < -0.4 is 0 Å². The zero-order valence-corrected chi connectivity index (χ0v) is 12.5. The molecule has 0 unspecified atom stereocenters. The van der Waals surface area contributed by atoms with E-state index in [0.717, 1.165) is 12.8 Å². The fourth-order valence-corrected chi connectivity index (χ4v) is 3.88. The zero-order valence-electron chi connectivity index (χ0n) is 12.5. The molecule has 2 nitrogen and oxygen atoms in total. The lowest BCUT2D eigenvalue weighted by Gasteiger charge is -2.26. The molecule has 20 heavy (non-hydrogen) atoms. The average Bonchev–Trinajstić information content (AvgIpc) is 2.63. The van der Waals surface area contributed by atoms with E-state index in [9.17, 15) is 4.79 Å². The molecule has 1 saturated carbocycles. The first-order valence-electron chi connectivity index (χ1n) is 7.44. The molecular formula is C18H22O2. The molecule has 2 atom stereocenters. The van der Waals surface area contributed by atoms with E-state index in [2.05, 4.69) is 32.9 Å². The standard InChI is InChI=1S/C18H22O2/c1-12-14(13-7-5-4-6-8-13)11-16(19)20-15-9-10-18(2,3)17(12)15/h4-8,14-15H,9-11H2,1-3H3/t14-,15-/m1/s1. The van der Waals surface area contributed by atoms with Crippen LogP contribution in [-0.2, 0) is 9.53 Å². The lowest BCUT2D eigenvalue weighted by atomic mass is 9.78. The number of benzene rings is 1. The van der Waals surface area contributed by atoms with Crippen LogP contribution in [0, 0.1) is 5.41 Å². The van der Waals surface area contributed by atoms with Gasteiger partial charge in [0, 0.05) is 5.92 Å². The van der Waals surface area contributed by atoms with E-state index in [1.54, 1.807) is 0 Å². The van der Waals surface area contributed by atoms with Crippen molar-refractivity contribution in [1.29, 1.82) is 0 Å². The van der Waals surface area contributed by atoms with Crippen molar-refractivity contribution in [3.05, 3.63) is 47.0 Å². The second-order valence-electron chi connectivity index (χ2n) is 6.67.